The number of aromatic nitrogens is 3. The van der Waals surface area contributed by atoms with Gasteiger partial charge in [0.2, 0.25) is 0 Å². The van der Waals surface area contributed by atoms with E-state index in [9.17, 15) is 14.4 Å². The third-order valence-electron chi connectivity index (χ3n) is 4.14. The molecule has 0 saturated heterocycles. The van der Waals surface area contributed by atoms with E-state index in [-0.39, 0.29) is 16.5 Å². The SMILES string of the molecule is Cc1ccc(Br)cc1CCNC(=O)c1cc(-n2ncc(=O)[nH]c2=O)ccc1Cl. The summed E-state index contributed by atoms with van der Waals surface area (Å²) in [6.07, 6.45) is 1.64. The van der Waals surface area contributed by atoms with Crippen molar-refractivity contribution in [3.63, 3.8) is 0 Å². The first-order valence-electron chi connectivity index (χ1n) is 8.37. The van der Waals surface area contributed by atoms with Crippen molar-refractivity contribution in [3.8, 4) is 5.69 Å². The zero-order chi connectivity index (χ0) is 20.3. The Morgan fingerprint density at radius 3 is 2.79 bits per heavy atom. The van der Waals surface area contributed by atoms with Crippen LogP contribution < -0.4 is 16.6 Å². The second-order valence-electron chi connectivity index (χ2n) is 6.09. The molecule has 1 aromatic heterocycles. The molecule has 2 aromatic carbocycles. The van der Waals surface area contributed by atoms with Crippen LogP contribution >= 0.6 is 27.5 Å². The van der Waals surface area contributed by atoms with Crippen LogP contribution in [0.15, 0.2) is 56.7 Å². The van der Waals surface area contributed by atoms with Gasteiger partial charge in [0.1, 0.15) is 6.20 Å². The summed E-state index contributed by atoms with van der Waals surface area (Å²) in [7, 11) is 0. The first-order chi connectivity index (χ1) is 13.3. The number of aryl methyl sites for hydroxylation is 1. The first-order valence-corrected chi connectivity index (χ1v) is 9.54. The summed E-state index contributed by atoms with van der Waals surface area (Å²) in [5.74, 6) is -0.364. The van der Waals surface area contributed by atoms with E-state index in [0.29, 0.717) is 18.7 Å². The summed E-state index contributed by atoms with van der Waals surface area (Å²) in [6.45, 7) is 2.44. The fraction of sp³-hybridized carbons (Fsp3) is 0.158. The molecule has 0 radical (unpaired) electrons. The molecule has 0 atom stereocenters. The highest BCUT2D eigenvalue weighted by Gasteiger charge is 2.13. The van der Waals surface area contributed by atoms with Gasteiger partial charge in [-0.05, 0) is 54.8 Å². The number of hydrogen-bond donors (Lipinski definition) is 2. The fourth-order valence-electron chi connectivity index (χ4n) is 2.67. The van der Waals surface area contributed by atoms with Crippen LogP contribution in [-0.2, 0) is 6.42 Å². The molecule has 28 heavy (non-hydrogen) atoms. The van der Waals surface area contributed by atoms with Gasteiger partial charge in [0.05, 0.1) is 16.3 Å². The van der Waals surface area contributed by atoms with Crippen LogP contribution in [0.3, 0.4) is 0 Å². The highest BCUT2D eigenvalue weighted by Crippen LogP contribution is 2.19. The second kappa shape index (κ2) is 8.53. The molecular weight excluding hydrogens is 448 g/mol. The number of carbonyl (C=O) groups is 1. The average Bonchev–Trinajstić information content (AvgIpc) is 2.65. The molecule has 0 bridgehead atoms. The maximum absolute atomic E-state index is 12.6. The maximum Gasteiger partial charge on any atom is 0.349 e. The molecular formula is C19H16BrClN4O3. The molecule has 1 heterocycles. The lowest BCUT2D eigenvalue weighted by atomic mass is 10.1. The minimum Gasteiger partial charge on any atom is -0.352 e. The van der Waals surface area contributed by atoms with Gasteiger partial charge in [-0.2, -0.15) is 9.78 Å². The number of halogens is 2. The Morgan fingerprint density at radius 1 is 1.25 bits per heavy atom. The largest absolute Gasteiger partial charge is 0.352 e. The first kappa shape index (κ1) is 20.0. The molecule has 0 aliphatic rings. The van der Waals surface area contributed by atoms with Gasteiger partial charge < -0.3 is 5.32 Å². The van der Waals surface area contributed by atoms with Crippen LogP contribution in [0.4, 0.5) is 0 Å². The predicted octanol–water partition coefficient (Wildman–Crippen LogP) is 2.62. The van der Waals surface area contributed by atoms with E-state index in [1.165, 1.54) is 18.2 Å². The van der Waals surface area contributed by atoms with Crippen molar-refractivity contribution in [1.82, 2.24) is 20.1 Å². The number of hydrogen-bond acceptors (Lipinski definition) is 4. The Labute approximate surface area is 173 Å². The average molecular weight is 464 g/mol. The smallest absolute Gasteiger partial charge is 0.349 e. The topological polar surface area (TPSA) is 96.8 Å². The van der Waals surface area contributed by atoms with Gasteiger partial charge >= 0.3 is 5.69 Å². The molecule has 0 fully saturated rings. The fourth-order valence-corrected chi connectivity index (χ4v) is 3.28. The Balaban J connectivity index is 1.77. The van der Waals surface area contributed by atoms with Crippen molar-refractivity contribution in [3.05, 3.63) is 89.6 Å². The Hall–Kier alpha value is -2.71. The molecule has 0 aliphatic carbocycles. The minimum absolute atomic E-state index is 0.213. The molecule has 0 aliphatic heterocycles. The third-order valence-corrected chi connectivity index (χ3v) is 4.97. The van der Waals surface area contributed by atoms with E-state index in [1.54, 1.807) is 0 Å². The lowest BCUT2D eigenvalue weighted by Gasteiger charge is -2.11. The summed E-state index contributed by atoms with van der Waals surface area (Å²) >= 11 is 9.60. The summed E-state index contributed by atoms with van der Waals surface area (Å²) in [5, 5.41) is 6.86. The summed E-state index contributed by atoms with van der Waals surface area (Å²) in [5.41, 5.74) is 1.49. The molecule has 3 rings (SSSR count). The van der Waals surface area contributed by atoms with Gasteiger partial charge in [-0.3, -0.25) is 14.6 Å². The quantitative estimate of drug-likeness (QED) is 0.608. The van der Waals surface area contributed by atoms with E-state index in [0.717, 1.165) is 26.5 Å². The molecule has 0 saturated carbocycles. The molecule has 0 unspecified atom stereocenters. The van der Waals surface area contributed by atoms with Gasteiger partial charge in [-0.1, -0.05) is 33.6 Å². The number of carbonyl (C=O) groups excluding carboxylic acids is 1. The molecule has 0 spiro atoms. The number of benzene rings is 2. The van der Waals surface area contributed by atoms with Crippen molar-refractivity contribution in [2.45, 2.75) is 13.3 Å². The van der Waals surface area contributed by atoms with Gasteiger partial charge in [-0.15, -0.1) is 0 Å². The van der Waals surface area contributed by atoms with Gasteiger partial charge in [0.15, 0.2) is 0 Å². The number of amides is 1. The number of rotatable bonds is 5. The zero-order valence-corrected chi connectivity index (χ0v) is 17.2. The van der Waals surface area contributed by atoms with Gasteiger partial charge in [0, 0.05) is 11.0 Å². The van der Waals surface area contributed by atoms with E-state index in [2.05, 4.69) is 31.3 Å². The van der Waals surface area contributed by atoms with Crippen molar-refractivity contribution < 1.29 is 4.79 Å². The Bertz CT molecular complexity index is 1160. The van der Waals surface area contributed by atoms with Crippen LogP contribution in [0.5, 0.6) is 0 Å². The van der Waals surface area contributed by atoms with Crippen LogP contribution in [0.1, 0.15) is 21.5 Å². The third kappa shape index (κ3) is 4.58. The van der Waals surface area contributed by atoms with Gasteiger partial charge in [-0.25, -0.2) is 4.79 Å². The molecule has 3 aromatic rings. The van der Waals surface area contributed by atoms with Crippen LogP contribution in [0.25, 0.3) is 5.69 Å². The van der Waals surface area contributed by atoms with Crippen LogP contribution in [0, 0.1) is 6.92 Å². The summed E-state index contributed by atoms with van der Waals surface area (Å²) < 4.78 is 1.97. The monoisotopic (exact) mass is 462 g/mol. The number of nitrogens with zero attached hydrogens (tertiary/aromatic N) is 2. The van der Waals surface area contributed by atoms with Crippen molar-refractivity contribution in [1.29, 1.82) is 0 Å². The van der Waals surface area contributed by atoms with Crippen LogP contribution in [-0.4, -0.2) is 27.2 Å². The lowest BCUT2D eigenvalue weighted by molar-refractivity contribution is 0.0954. The van der Waals surface area contributed by atoms with Crippen LogP contribution in [0.2, 0.25) is 5.02 Å². The number of nitrogens with one attached hydrogen (secondary N) is 2. The highest BCUT2D eigenvalue weighted by atomic mass is 79.9. The Kier molecular flexibility index (Phi) is 6.11. The molecule has 144 valence electrons. The standard InChI is InChI=1S/C19H16BrClN4O3/c1-11-2-3-13(20)8-12(11)6-7-22-18(27)15-9-14(4-5-16(15)21)25-19(28)24-17(26)10-23-25/h2-5,8-10H,6-7H2,1H3,(H,22,27)(H,24,26,28). The minimum atomic E-state index is -0.702. The number of H-pyrrole nitrogens is 1. The van der Waals surface area contributed by atoms with E-state index < -0.39 is 11.2 Å². The van der Waals surface area contributed by atoms with E-state index in [4.69, 9.17) is 11.6 Å². The molecule has 9 heteroatoms. The molecule has 7 nitrogen and oxygen atoms in total. The van der Waals surface area contributed by atoms with Crippen molar-refractivity contribution in [2.75, 3.05) is 6.54 Å². The van der Waals surface area contributed by atoms with Gasteiger partial charge in [0.25, 0.3) is 11.5 Å². The van der Waals surface area contributed by atoms with Crippen molar-refractivity contribution >= 4 is 33.4 Å². The second-order valence-corrected chi connectivity index (χ2v) is 7.41. The molecule has 2 N–H and O–H groups in total. The number of aromatic amines is 1. The summed E-state index contributed by atoms with van der Waals surface area (Å²) in [6, 6.07) is 10.5. The normalized spacial score (nSPS) is 10.7. The zero-order valence-electron chi connectivity index (χ0n) is 14.8. The highest BCUT2D eigenvalue weighted by molar-refractivity contribution is 9.10. The molecule has 1 amide bonds. The Morgan fingerprint density at radius 2 is 2.04 bits per heavy atom. The lowest BCUT2D eigenvalue weighted by Crippen LogP contribution is -2.31. The maximum atomic E-state index is 12.6. The van der Waals surface area contributed by atoms with E-state index in [1.807, 2.05) is 25.1 Å². The summed E-state index contributed by atoms with van der Waals surface area (Å²) in [4.78, 5) is 37.7. The predicted molar refractivity (Wildman–Crippen MR) is 110 cm³/mol. The van der Waals surface area contributed by atoms with Crippen molar-refractivity contribution in [2.24, 2.45) is 0 Å². The van der Waals surface area contributed by atoms with E-state index >= 15 is 0 Å².